The Morgan fingerprint density at radius 1 is 1.12 bits per heavy atom. The average Bonchev–Trinajstić information content (AvgIpc) is 2.14. The predicted molar refractivity (Wildman–Crippen MR) is 85.5 cm³/mol. The molecule has 0 amide bonds. The minimum Gasteiger partial charge on any atom is -0.399 e. The van der Waals surface area contributed by atoms with Crippen LogP contribution in [0.1, 0.15) is 27.7 Å². The van der Waals surface area contributed by atoms with Crippen molar-refractivity contribution in [3.05, 3.63) is 21.8 Å². The van der Waals surface area contributed by atoms with Gasteiger partial charge in [0.05, 0.1) is 5.69 Å². The lowest BCUT2D eigenvalue weighted by molar-refractivity contribution is 0.552. The molecule has 0 radical (unpaired) electrons. The molecule has 0 atom stereocenters. The highest BCUT2D eigenvalue weighted by Gasteiger charge is 2.13. The number of benzene rings is 1. The van der Waals surface area contributed by atoms with Crippen LogP contribution in [0.25, 0.3) is 0 Å². The Morgan fingerprint density at radius 2 is 1.65 bits per heavy atom. The zero-order valence-electron chi connectivity index (χ0n) is 11.2. The molecule has 0 unspecified atom stereocenters. The fourth-order valence-electron chi connectivity index (χ4n) is 1.93. The monoisotopic (exact) mass is 346 g/mol. The Hall–Kier alpha value is -0.450. The van der Waals surface area contributed by atoms with Crippen LogP contribution in [0.4, 0.5) is 11.4 Å². The third-order valence-electron chi connectivity index (χ3n) is 2.48. The van der Waals surface area contributed by atoms with Gasteiger partial charge in [0.15, 0.2) is 0 Å². The lowest BCUT2D eigenvalue weighted by atomic mass is 10.1. The molecule has 2 N–H and O–H groups in total. The number of nitrogens with zero attached hydrogens (tertiary/aromatic N) is 1. The van der Waals surface area contributed by atoms with Gasteiger partial charge in [-0.2, -0.15) is 0 Å². The van der Waals surface area contributed by atoms with Gasteiger partial charge in [-0.15, -0.1) is 0 Å². The number of anilines is 2. The van der Waals surface area contributed by atoms with Crippen molar-refractivity contribution in [3.63, 3.8) is 0 Å². The van der Waals surface area contributed by atoms with Crippen LogP contribution in [0.2, 0.25) is 0 Å². The van der Waals surface area contributed by atoms with E-state index in [1.54, 1.807) is 0 Å². The molecule has 0 aliphatic heterocycles. The smallest absolute Gasteiger partial charge is 0.0503 e. The Labute approximate surface area is 119 Å². The van der Waals surface area contributed by atoms with Crippen molar-refractivity contribution in [1.82, 2.24) is 0 Å². The second-order valence-corrected chi connectivity index (χ2v) is 6.57. The fraction of sp³-hybridized carbons (Fsp3) is 0.571. The van der Waals surface area contributed by atoms with Gasteiger partial charge in [-0.3, -0.25) is 0 Å². The van der Waals surface area contributed by atoms with E-state index >= 15 is 0 Å². The summed E-state index contributed by atoms with van der Waals surface area (Å²) in [5.41, 5.74) is 7.95. The van der Waals surface area contributed by atoms with Gasteiger partial charge in [0.25, 0.3) is 0 Å². The normalized spacial score (nSPS) is 11.2. The van der Waals surface area contributed by atoms with Gasteiger partial charge in [0.1, 0.15) is 0 Å². The van der Waals surface area contributed by atoms with Crippen molar-refractivity contribution in [1.29, 1.82) is 0 Å². The molecule has 0 aliphatic carbocycles. The number of rotatable bonds is 5. The third-order valence-corrected chi connectivity index (χ3v) is 3.35. The van der Waals surface area contributed by atoms with Gasteiger partial charge >= 0.3 is 0 Å². The van der Waals surface area contributed by atoms with Crippen molar-refractivity contribution < 1.29 is 0 Å². The topological polar surface area (TPSA) is 29.3 Å². The van der Waals surface area contributed by atoms with E-state index in [2.05, 4.69) is 61.3 Å². The first-order valence-corrected chi connectivity index (χ1v) is 7.28. The number of hydrogen-bond acceptors (Lipinski definition) is 2. The summed E-state index contributed by atoms with van der Waals surface area (Å²) in [6.45, 7) is 11.2. The van der Waals surface area contributed by atoms with Gasteiger partial charge < -0.3 is 10.6 Å². The zero-order valence-corrected chi connectivity index (χ0v) is 13.4. The van der Waals surface area contributed by atoms with Crippen LogP contribution in [0, 0.1) is 15.4 Å². The van der Waals surface area contributed by atoms with Crippen molar-refractivity contribution in [2.45, 2.75) is 27.7 Å². The average molecular weight is 346 g/mol. The van der Waals surface area contributed by atoms with Crippen molar-refractivity contribution in [2.24, 2.45) is 11.8 Å². The molecule has 0 fully saturated rings. The molecule has 96 valence electrons. The SMILES string of the molecule is CC(C)CN(CC(C)C)c1ccc(N)cc1I. The zero-order chi connectivity index (χ0) is 13.0. The molecule has 0 aromatic heterocycles. The second-order valence-electron chi connectivity index (χ2n) is 5.40. The molecule has 1 aromatic rings. The molecule has 0 saturated carbocycles. The number of hydrogen-bond donors (Lipinski definition) is 1. The summed E-state index contributed by atoms with van der Waals surface area (Å²) in [6, 6.07) is 6.18. The van der Waals surface area contributed by atoms with Crippen LogP contribution in [-0.4, -0.2) is 13.1 Å². The summed E-state index contributed by atoms with van der Waals surface area (Å²) in [5, 5.41) is 0. The molecule has 0 heterocycles. The predicted octanol–water partition coefficient (Wildman–Crippen LogP) is 3.99. The molecule has 0 aliphatic rings. The number of nitrogens with two attached hydrogens (primary N) is 1. The molecular formula is C14H23IN2. The number of nitrogen functional groups attached to an aromatic ring is 1. The van der Waals surface area contributed by atoms with Crippen LogP contribution >= 0.6 is 22.6 Å². The molecule has 2 nitrogen and oxygen atoms in total. The first-order chi connectivity index (χ1) is 7.90. The first kappa shape index (κ1) is 14.6. The van der Waals surface area contributed by atoms with E-state index in [0.29, 0.717) is 11.8 Å². The highest BCUT2D eigenvalue weighted by Crippen LogP contribution is 2.26. The highest BCUT2D eigenvalue weighted by molar-refractivity contribution is 14.1. The Kier molecular flexibility index (Phi) is 5.56. The maximum Gasteiger partial charge on any atom is 0.0503 e. The maximum absolute atomic E-state index is 5.81. The first-order valence-electron chi connectivity index (χ1n) is 6.20. The van der Waals surface area contributed by atoms with E-state index in [1.807, 2.05) is 12.1 Å². The Bertz CT molecular complexity index is 351. The number of halogens is 1. The molecule has 1 aromatic carbocycles. The highest BCUT2D eigenvalue weighted by atomic mass is 127. The van der Waals surface area contributed by atoms with E-state index in [9.17, 15) is 0 Å². The van der Waals surface area contributed by atoms with Crippen LogP contribution in [-0.2, 0) is 0 Å². The summed E-state index contributed by atoms with van der Waals surface area (Å²) >= 11 is 2.37. The molecular weight excluding hydrogens is 323 g/mol. The Morgan fingerprint density at radius 3 is 2.06 bits per heavy atom. The minimum atomic E-state index is 0.669. The van der Waals surface area contributed by atoms with Crippen molar-refractivity contribution in [2.75, 3.05) is 23.7 Å². The summed E-state index contributed by atoms with van der Waals surface area (Å²) in [4.78, 5) is 2.47. The molecule has 0 bridgehead atoms. The van der Waals surface area contributed by atoms with Crippen LogP contribution in [0.5, 0.6) is 0 Å². The quantitative estimate of drug-likeness (QED) is 0.645. The van der Waals surface area contributed by atoms with Gasteiger partial charge in [0, 0.05) is 22.3 Å². The summed E-state index contributed by atoms with van der Waals surface area (Å²) < 4.78 is 1.24. The summed E-state index contributed by atoms with van der Waals surface area (Å²) in [6.07, 6.45) is 0. The summed E-state index contributed by atoms with van der Waals surface area (Å²) in [7, 11) is 0. The van der Waals surface area contributed by atoms with Crippen LogP contribution < -0.4 is 10.6 Å². The van der Waals surface area contributed by atoms with E-state index in [-0.39, 0.29) is 0 Å². The lowest BCUT2D eigenvalue weighted by Crippen LogP contribution is -2.31. The van der Waals surface area contributed by atoms with Crippen molar-refractivity contribution >= 4 is 34.0 Å². The van der Waals surface area contributed by atoms with E-state index < -0.39 is 0 Å². The molecule has 3 heteroatoms. The molecule has 0 spiro atoms. The fourth-order valence-corrected chi connectivity index (χ4v) is 2.81. The van der Waals surface area contributed by atoms with E-state index in [0.717, 1.165) is 18.8 Å². The van der Waals surface area contributed by atoms with Gasteiger partial charge in [-0.1, -0.05) is 27.7 Å². The third kappa shape index (κ3) is 4.74. The van der Waals surface area contributed by atoms with Crippen LogP contribution in [0.3, 0.4) is 0 Å². The van der Waals surface area contributed by atoms with Crippen molar-refractivity contribution in [3.8, 4) is 0 Å². The van der Waals surface area contributed by atoms with Gasteiger partial charge in [-0.05, 0) is 52.6 Å². The molecule has 17 heavy (non-hydrogen) atoms. The summed E-state index contributed by atoms with van der Waals surface area (Å²) in [5.74, 6) is 1.34. The van der Waals surface area contributed by atoms with Crippen LogP contribution in [0.15, 0.2) is 18.2 Å². The van der Waals surface area contributed by atoms with E-state index in [4.69, 9.17) is 5.73 Å². The van der Waals surface area contributed by atoms with Gasteiger partial charge in [-0.25, -0.2) is 0 Å². The Balaban J connectivity index is 2.95. The standard InChI is InChI=1S/C14H23IN2/c1-10(2)8-17(9-11(3)4)14-6-5-12(16)7-13(14)15/h5-7,10-11H,8-9,16H2,1-4H3. The molecule has 1 rings (SSSR count). The minimum absolute atomic E-state index is 0.669. The second kappa shape index (κ2) is 6.47. The molecule has 0 saturated heterocycles. The van der Waals surface area contributed by atoms with E-state index in [1.165, 1.54) is 9.26 Å². The van der Waals surface area contributed by atoms with Gasteiger partial charge in [0.2, 0.25) is 0 Å². The lowest BCUT2D eigenvalue weighted by Gasteiger charge is -2.29. The largest absolute Gasteiger partial charge is 0.399 e. The maximum atomic E-state index is 5.81.